The second-order valence-electron chi connectivity index (χ2n) is 15.1. The number of carboxylic acids is 1. The molecular formula is C33H52N4O6. The smallest absolute Gasteiger partial charge is 0.293 e. The van der Waals surface area contributed by atoms with E-state index in [1.807, 2.05) is 0 Å². The number of quaternary nitrogens is 1. The normalized spacial score (nSPS) is 49.2. The number of hydrogen-bond donors (Lipinski definition) is 6. The molecule has 12 atom stereocenters. The zero-order valence-corrected chi connectivity index (χ0v) is 25.7. The quantitative estimate of drug-likeness (QED) is 0.130. The van der Waals surface area contributed by atoms with Crippen molar-refractivity contribution >= 4 is 11.9 Å². The molecule has 5 aliphatic carbocycles. The molecule has 2 bridgehead atoms. The summed E-state index contributed by atoms with van der Waals surface area (Å²) < 4.78 is 6.76. The van der Waals surface area contributed by atoms with Crippen molar-refractivity contribution in [2.75, 3.05) is 39.8 Å². The van der Waals surface area contributed by atoms with E-state index in [9.17, 15) is 25.2 Å². The lowest BCUT2D eigenvalue weighted by Crippen LogP contribution is -3.19. The summed E-state index contributed by atoms with van der Waals surface area (Å²) in [5, 5.41) is 50.2. The van der Waals surface area contributed by atoms with E-state index in [2.05, 4.69) is 10.3 Å². The Balaban J connectivity index is 1.38. The minimum absolute atomic E-state index is 0.0714. The second-order valence-corrected chi connectivity index (χ2v) is 15.1. The van der Waals surface area contributed by atoms with Crippen molar-refractivity contribution in [1.82, 2.24) is 5.32 Å². The third-order valence-corrected chi connectivity index (χ3v) is 13.8. The maximum atomic E-state index is 13.4. The monoisotopic (exact) mass is 600 g/mol. The number of guanidine groups is 1. The van der Waals surface area contributed by atoms with Crippen LogP contribution in [-0.4, -0.2) is 91.0 Å². The number of aliphatic carboxylic acids is 1. The Morgan fingerprint density at radius 1 is 1.14 bits per heavy atom. The van der Waals surface area contributed by atoms with Crippen LogP contribution in [-0.2, 0) is 9.53 Å². The molecule has 0 aromatic carbocycles. The van der Waals surface area contributed by atoms with Crippen molar-refractivity contribution in [3.63, 3.8) is 0 Å². The lowest BCUT2D eigenvalue weighted by molar-refractivity contribution is -0.829. The van der Waals surface area contributed by atoms with Gasteiger partial charge in [0, 0.05) is 42.3 Å². The van der Waals surface area contributed by atoms with Gasteiger partial charge in [0.1, 0.15) is 5.60 Å². The molecule has 0 aromatic rings. The second kappa shape index (κ2) is 11.1. The molecule has 7 N–H and O–H groups in total. The number of aliphatic imine (C=N–C) groups is 1. The molecule has 2 heterocycles. The lowest BCUT2D eigenvalue weighted by Gasteiger charge is -2.65. The number of likely N-dealkylation sites (tertiary alicyclic amines) is 1. The van der Waals surface area contributed by atoms with E-state index in [0.717, 1.165) is 83.0 Å². The van der Waals surface area contributed by atoms with Gasteiger partial charge in [-0.2, -0.15) is 0 Å². The van der Waals surface area contributed by atoms with Crippen molar-refractivity contribution in [2.24, 2.45) is 51.1 Å². The Morgan fingerprint density at radius 2 is 1.93 bits per heavy atom. The Kier molecular flexibility index (Phi) is 7.74. The van der Waals surface area contributed by atoms with Gasteiger partial charge in [-0.15, -0.1) is 0 Å². The Hall–Kier alpha value is -1.56. The fourth-order valence-electron chi connectivity index (χ4n) is 12.6. The summed E-state index contributed by atoms with van der Waals surface area (Å²) in [4.78, 5) is 19.0. The highest BCUT2D eigenvalue weighted by Crippen LogP contribution is 2.81. The maximum Gasteiger partial charge on any atom is 0.293 e. The molecule has 0 radical (unpaired) electrons. The average Bonchev–Trinajstić information content (AvgIpc) is 3.29. The number of nitrogens with zero attached hydrogens (tertiary/aromatic N) is 1. The first-order valence-corrected chi connectivity index (χ1v) is 17.1. The number of ether oxygens (including phenoxy) is 1. The molecule has 4 saturated carbocycles. The standard InChI is InChI=1S/C33H52N4O6/c1-35-30(34)37-13-11-22(17-36-12-14-38)31(18-37)21-8-7-20-3-2-4-26-32(20,31)24(15-21)28(29(40)41)33(26,42)27-10-6-19-5-9-23(39)16-25(19)43-27/h19-23,25-27,36,38-39,42H,2-18H2,1H3,(H2,34,35)(H,40,41). The molecule has 2 spiro atoms. The molecule has 2 saturated heterocycles. The first kappa shape index (κ1) is 30.1. The van der Waals surface area contributed by atoms with Crippen molar-refractivity contribution < 1.29 is 34.9 Å². The molecule has 10 nitrogen and oxygen atoms in total. The van der Waals surface area contributed by atoms with E-state index in [0.29, 0.717) is 43.6 Å². The van der Waals surface area contributed by atoms with Gasteiger partial charge in [0.25, 0.3) is 5.96 Å². The van der Waals surface area contributed by atoms with Crippen molar-refractivity contribution in [1.29, 1.82) is 0 Å². The molecule has 2 aliphatic heterocycles. The topological polar surface area (TPSA) is 165 Å². The Morgan fingerprint density at radius 3 is 2.70 bits per heavy atom. The van der Waals surface area contributed by atoms with Gasteiger partial charge in [0.05, 0.1) is 44.0 Å². The zero-order chi connectivity index (χ0) is 30.1. The SMILES string of the molecule is CN=C(N)[NH+]1CCC(CNCCO)C2(C1)C1CCC3CCCC4C(O)(C5CCC6CCC(O)CC6O5)C(C(=O)[O-])=C(C1)C342. The average molecular weight is 601 g/mol. The van der Waals surface area contributed by atoms with Crippen LogP contribution < -0.4 is 21.1 Å². The highest BCUT2D eigenvalue weighted by molar-refractivity contribution is 5.91. The van der Waals surface area contributed by atoms with Crippen LogP contribution in [0.15, 0.2) is 16.1 Å². The highest BCUT2D eigenvalue weighted by atomic mass is 16.5. The number of nitrogens with two attached hydrogens (primary N) is 1. The zero-order valence-electron chi connectivity index (χ0n) is 25.7. The van der Waals surface area contributed by atoms with Crippen molar-refractivity contribution in [3.05, 3.63) is 11.1 Å². The van der Waals surface area contributed by atoms with E-state index in [4.69, 9.17) is 10.5 Å². The number of piperidine rings is 1. The van der Waals surface area contributed by atoms with Gasteiger partial charge < -0.3 is 41.0 Å². The minimum Gasteiger partial charge on any atom is -0.545 e. The number of nitrogens with one attached hydrogen (secondary N) is 2. The molecule has 0 amide bonds. The first-order chi connectivity index (χ1) is 20.7. The number of aliphatic hydroxyl groups excluding tert-OH is 2. The number of carbonyl (C=O) groups excluding carboxylic acids is 1. The summed E-state index contributed by atoms with van der Waals surface area (Å²) in [6.45, 7) is 2.99. The van der Waals surface area contributed by atoms with Crippen LogP contribution in [0.3, 0.4) is 0 Å². The summed E-state index contributed by atoms with van der Waals surface area (Å²) in [6.07, 6.45) is 9.03. The van der Waals surface area contributed by atoms with E-state index < -0.39 is 29.2 Å². The van der Waals surface area contributed by atoms with Gasteiger partial charge in [0.2, 0.25) is 0 Å². The minimum atomic E-state index is -1.62. The number of aliphatic hydroxyl groups is 3. The first-order valence-electron chi connectivity index (χ1n) is 17.1. The van der Waals surface area contributed by atoms with Crippen LogP contribution in [0.25, 0.3) is 0 Å². The van der Waals surface area contributed by atoms with E-state index in [1.54, 1.807) is 7.05 Å². The van der Waals surface area contributed by atoms with Crippen molar-refractivity contribution in [2.45, 2.75) is 101 Å². The van der Waals surface area contributed by atoms with Crippen LogP contribution >= 0.6 is 0 Å². The van der Waals surface area contributed by atoms with Gasteiger partial charge in [0.15, 0.2) is 0 Å². The van der Waals surface area contributed by atoms with Crippen LogP contribution in [0.2, 0.25) is 0 Å². The van der Waals surface area contributed by atoms with E-state index >= 15 is 0 Å². The van der Waals surface area contributed by atoms with E-state index in [-0.39, 0.29) is 41.5 Å². The van der Waals surface area contributed by atoms with Gasteiger partial charge in [-0.25, -0.2) is 4.99 Å². The summed E-state index contributed by atoms with van der Waals surface area (Å²) in [5.74, 6) is 0.292. The van der Waals surface area contributed by atoms with Crippen LogP contribution in [0.1, 0.15) is 77.0 Å². The third kappa shape index (κ3) is 4.05. The van der Waals surface area contributed by atoms with Crippen LogP contribution in [0.4, 0.5) is 0 Å². The third-order valence-electron chi connectivity index (χ3n) is 13.8. The molecular weight excluding hydrogens is 548 g/mol. The van der Waals surface area contributed by atoms with Gasteiger partial charge >= 0.3 is 0 Å². The Labute approximate surface area is 255 Å². The number of fused-ring (bicyclic) bond motifs is 1. The number of hydrogen-bond acceptors (Lipinski definition) is 8. The molecule has 240 valence electrons. The molecule has 7 rings (SSSR count). The van der Waals surface area contributed by atoms with Crippen molar-refractivity contribution in [3.8, 4) is 0 Å². The summed E-state index contributed by atoms with van der Waals surface area (Å²) in [7, 11) is 1.75. The largest absolute Gasteiger partial charge is 0.545 e. The van der Waals surface area contributed by atoms with E-state index in [1.165, 1.54) is 4.90 Å². The number of rotatable bonds is 6. The fraction of sp³-hybridized carbons (Fsp3) is 0.879. The summed E-state index contributed by atoms with van der Waals surface area (Å²) >= 11 is 0. The highest BCUT2D eigenvalue weighted by Gasteiger charge is 2.81. The predicted octanol–water partition coefficient (Wildman–Crippen LogP) is -0.880. The molecule has 0 aromatic heterocycles. The number of carbonyl (C=O) groups is 1. The summed E-state index contributed by atoms with van der Waals surface area (Å²) in [6, 6.07) is 0. The number of allylic oxidation sites excluding steroid dienone is 1. The van der Waals surface area contributed by atoms with Gasteiger partial charge in [-0.1, -0.05) is 12.0 Å². The fourth-order valence-corrected chi connectivity index (χ4v) is 12.6. The lowest BCUT2D eigenvalue weighted by atomic mass is 9.39. The molecule has 10 heteroatoms. The molecule has 6 fully saturated rings. The van der Waals surface area contributed by atoms with Crippen LogP contribution in [0, 0.1) is 40.4 Å². The predicted molar refractivity (Wildman–Crippen MR) is 158 cm³/mol. The van der Waals surface area contributed by atoms with Gasteiger partial charge in [-0.05, 0) is 94.4 Å². The maximum absolute atomic E-state index is 13.4. The summed E-state index contributed by atoms with van der Waals surface area (Å²) in [5.41, 5.74) is 5.30. The van der Waals surface area contributed by atoms with Crippen LogP contribution in [0.5, 0.6) is 0 Å². The Bertz CT molecular complexity index is 1180. The van der Waals surface area contributed by atoms with Gasteiger partial charge in [-0.3, -0.25) is 4.90 Å². The number of carboxylic acid groups (broad SMARTS) is 1. The molecule has 7 aliphatic rings. The molecule has 12 unspecified atom stereocenters. The molecule has 43 heavy (non-hydrogen) atoms.